The summed E-state index contributed by atoms with van der Waals surface area (Å²) in [5.41, 5.74) is 1.94. The van der Waals surface area contributed by atoms with Crippen LogP contribution in [0.1, 0.15) is 31.2 Å². The van der Waals surface area contributed by atoms with Crippen molar-refractivity contribution in [3.8, 4) is 5.69 Å². The van der Waals surface area contributed by atoms with Gasteiger partial charge in [0, 0.05) is 26.1 Å². The van der Waals surface area contributed by atoms with Crippen LogP contribution in [-0.4, -0.2) is 50.5 Å². The van der Waals surface area contributed by atoms with E-state index in [-0.39, 0.29) is 18.1 Å². The monoisotopic (exact) mass is 343 g/mol. The number of carbonyl (C=O) groups is 1. The van der Waals surface area contributed by atoms with Gasteiger partial charge in [0.1, 0.15) is 12.7 Å². The molecule has 1 aromatic carbocycles. The Morgan fingerprint density at radius 1 is 1.32 bits per heavy atom. The molecule has 1 aromatic heterocycles. The summed E-state index contributed by atoms with van der Waals surface area (Å²) in [5.74, 6) is 0.187. The molecule has 1 fully saturated rings. The Balaban J connectivity index is 1.48. The molecule has 0 aliphatic heterocycles. The van der Waals surface area contributed by atoms with E-state index in [0.29, 0.717) is 13.1 Å². The van der Waals surface area contributed by atoms with Crippen LogP contribution in [0.5, 0.6) is 0 Å². The standard InChI is InChI=1S/C18H25N5O2/c1-22(11-15-4-2-3-5-17(15)24)18(25)20-10-14-6-8-16(9-7-14)23-13-19-12-21-23/h6-9,12-13,15,17,24H,2-5,10-11H2,1H3,(H,20,25). The molecule has 1 aliphatic rings. The summed E-state index contributed by atoms with van der Waals surface area (Å²) >= 11 is 0. The summed E-state index contributed by atoms with van der Waals surface area (Å²) in [6.45, 7) is 1.06. The first-order valence-electron chi connectivity index (χ1n) is 8.74. The maximum Gasteiger partial charge on any atom is 0.317 e. The van der Waals surface area contributed by atoms with Crippen LogP contribution in [0.15, 0.2) is 36.9 Å². The normalized spacial score (nSPS) is 20.2. The van der Waals surface area contributed by atoms with Gasteiger partial charge in [0.2, 0.25) is 0 Å². The van der Waals surface area contributed by atoms with E-state index in [0.717, 1.165) is 36.9 Å². The molecule has 1 aliphatic carbocycles. The Bertz CT molecular complexity index is 671. The van der Waals surface area contributed by atoms with Crippen LogP contribution in [0.2, 0.25) is 0 Å². The number of aliphatic hydroxyl groups excluding tert-OH is 1. The number of benzene rings is 1. The van der Waals surface area contributed by atoms with E-state index >= 15 is 0 Å². The van der Waals surface area contributed by atoms with Crippen molar-refractivity contribution in [1.29, 1.82) is 0 Å². The fraction of sp³-hybridized carbons (Fsp3) is 0.500. The van der Waals surface area contributed by atoms with Crippen molar-refractivity contribution >= 4 is 6.03 Å². The van der Waals surface area contributed by atoms with E-state index in [1.54, 1.807) is 23.0 Å². The van der Waals surface area contributed by atoms with Crippen LogP contribution in [0, 0.1) is 5.92 Å². The van der Waals surface area contributed by atoms with Crippen LogP contribution in [0.25, 0.3) is 5.69 Å². The zero-order valence-electron chi connectivity index (χ0n) is 14.5. The van der Waals surface area contributed by atoms with Crippen molar-refractivity contribution in [2.75, 3.05) is 13.6 Å². The lowest BCUT2D eigenvalue weighted by molar-refractivity contribution is 0.0565. The Kier molecular flexibility index (Phi) is 5.65. The van der Waals surface area contributed by atoms with Crippen LogP contribution < -0.4 is 5.32 Å². The second-order valence-electron chi connectivity index (χ2n) is 6.66. The molecule has 134 valence electrons. The SMILES string of the molecule is CN(CC1CCCCC1O)C(=O)NCc1ccc(-n2cncn2)cc1. The molecule has 2 atom stereocenters. The molecular formula is C18H25N5O2. The quantitative estimate of drug-likeness (QED) is 0.869. The third kappa shape index (κ3) is 4.57. The van der Waals surface area contributed by atoms with Gasteiger partial charge in [0.15, 0.2) is 0 Å². The largest absolute Gasteiger partial charge is 0.393 e. The number of hydrogen-bond donors (Lipinski definition) is 2. The van der Waals surface area contributed by atoms with Gasteiger partial charge in [-0.25, -0.2) is 14.5 Å². The van der Waals surface area contributed by atoms with Gasteiger partial charge < -0.3 is 15.3 Å². The zero-order valence-corrected chi connectivity index (χ0v) is 14.5. The summed E-state index contributed by atoms with van der Waals surface area (Å²) in [5, 5.41) is 17.1. The molecule has 3 rings (SSSR count). The minimum Gasteiger partial charge on any atom is -0.393 e. The highest BCUT2D eigenvalue weighted by atomic mass is 16.3. The number of nitrogens with one attached hydrogen (secondary N) is 1. The molecule has 2 unspecified atom stereocenters. The van der Waals surface area contributed by atoms with E-state index in [1.165, 1.54) is 6.33 Å². The summed E-state index contributed by atoms with van der Waals surface area (Å²) in [4.78, 5) is 17.9. The summed E-state index contributed by atoms with van der Waals surface area (Å²) < 4.78 is 1.69. The minimum atomic E-state index is -0.284. The molecule has 2 amide bonds. The number of aliphatic hydroxyl groups is 1. The van der Waals surface area contributed by atoms with Crippen molar-refractivity contribution in [1.82, 2.24) is 25.0 Å². The average Bonchev–Trinajstić information content (AvgIpc) is 3.16. The second kappa shape index (κ2) is 8.11. The van der Waals surface area contributed by atoms with Gasteiger partial charge in [-0.2, -0.15) is 5.10 Å². The molecular weight excluding hydrogens is 318 g/mol. The van der Waals surface area contributed by atoms with Crippen molar-refractivity contribution < 1.29 is 9.90 Å². The fourth-order valence-electron chi connectivity index (χ4n) is 3.26. The lowest BCUT2D eigenvalue weighted by Crippen LogP contribution is -2.42. The van der Waals surface area contributed by atoms with Crippen LogP contribution in [0.3, 0.4) is 0 Å². The first-order chi connectivity index (χ1) is 12.1. The summed E-state index contributed by atoms with van der Waals surface area (Å²) in [7, 11) is 1.78. The van der Waals surface area contributed by atoms with Crippen LogP contribution in [0.4, 0.5) is 4.79 Å². The predicted octanol–water partition coefficient (Wildman–Crippen LogP) is 1.96. The van der Waals surface area contributed by atoms with Gasteiger partial charge in [-0.05, 0) is 30.5 Å². The lowest BCUT2D eigenvalue weighted by atomic mass is 9.86. The first kappa shape index (κ1) is 17.4. The second-order valence-corrected chi connectivity index (χ2v) is 6.66. The van der Waals surface area contributed by atoms with Crippen molar-refractivity contribution in [3.63, 3.8) is 0 Å². The first-order valence-corrected chi connectivity index (χ1v) is 8.74. The van der Waals surface area contributed by atoms with Crippen molar-refractivity contribution in [2.24, 2.45) is 5.92 Å². The van der Waals surface area contributed by atoms with Crippen molar-refractivity contribution in [2.45, 2.75) is 38.3 Å². The number of amides is 2. The molecule has 2 N–H and O–H groups in total. The number of carbonyl (C=O) groups excluding carboxylic acids is 1. The Hall–Kier alpha value is -2.41. The van der Waals surface area contributed by atoms with Gasteiger partial charge in [-0.1, -0.05) is 25.0 Å². The van der Waals surface area contributed by atoms with E-state index in [4.69, 9.17) is 0 Å². The predicted molar refractivity (Wildman–Crippen MR) is 94.2 cm³/mol. The van der Waals surface area contributed by atoms with Crippen LogP contribution in [-0.2, 0) is 6.54 Å². The molecule has 25 heavy (non-hydrogen) atoms. The topological polar surface area (TPSA) is 83.3 Å². The van der Waals surface area contributed by atoms with Crippen molar-refractivity contribution in [3.05, 3.63) is 42.5 Å². The highest BCUT2D eigenvalue weighted by Crippen LogP contribution is 2.24. The van der Waals surface area contributed by atoms with Crippen LogP contribution >= 0.6 is 0 Å². The molecule has 0 spiro atoms. The van der Waals surface area contributed by atoms with Gasteiger partial charge in [-0.15, -0.1) is 0 Å². The number of aromatic nitrogens is 3. The molecule has 1 heterocycles. The maximum atomic E-state index is 12.3. The smallest absolute Gasteiger partial charge is 0.317 e. The Labute approximate surface area is 147 Å². The highest BCUT2D eigenvalue weighted by Gasteiger charge is 2.25. The fourth-order valence-corrected chi connectivity index (χ4v) is 3.26. The zero-order chi connectivity index (χ0) is 17.6. The lowest BCUT2D eigenvalue weighted by Gasteiger charge is -2.31. The summed E-state index contributed by atoms with van der Waals surface area (Å²) in [6.07, 6.45) is 6.90. The molecule has 0 radical (unpaired) electrons. The molecule has 0 saturated heterocycles. The highest BCUT2D eigenvalue weighted by molar-refractivity contribution is 5.73. The number of urea groups is 1. The maximum absolute atomic E-state index is 12.3. The van der Waals surface area contributed by atoms with Gasteiger partial charge in [0.05, 0.1) is 11.8 Å². The molecule has 7 nitrogen and oxygen atoms in total. The molecule has 2 aromatic rings. The van der Waals surface area contributed by atoms with Gasteiger partial charge >= 0.3 is 6.03 Å². The summed E-state index contributed by atoms with van der Waals surface area (Å²) in [6, 6.07) is 7.69. The molecule has 0 bridgehead atoms. The van der Waals surface area contributed by atoms with E-state index < -0.39 is 0 Å². The van der Waals surface area contributed by atoms with E-state index in [9.17, 15) is 9.90 Å². The Morgan fingerprint density at radius 3 is 2.76 bits per heavy atom. The molecule has 1 saturated carbocycles. The van der Waals surface area contributed by atoms with Gasteiger partial charge in [-0.3, -0.25) is 0 Å². The number of hydrogen-bond acceptors (Lipinski definition) is 4. The third-order valence-corrected chi connectivity index (χ3v) is 4.79. The number of nitrogens with zero attached hydrogens (tertiary/aromatic N) is 4. The molecule has 7 heteroatoms. The van der Waals surface area contributed by atoms with E-state index in [2.05, 4.69) is 15.4 Å². The minimum absolute atomic E-state index is 0.113. The Morgan fingerprint density at radius 2 is 2.08 bits per heavy atom. The van der Waals surface area contributed by atoms with E-state index in [1.807, 2.05) is 24.3 Å². The number of rotatable bonds is 5. The third-order valence-electron chi connectivity index (χ3n) is 4.79. The average molecular weight is 343 g/mol. The van der Waals surface area contributed by atoms with Gasteiger partial charge in [0.25, 0.3) is 0 Å².